The van der Waals surface area contributed by atoms with E-state index in [0.717, 1.165) is 5.56 Å². The Morgan fingerprint density at radius 2 is 2.53 bits per heavy atom. The van der Waals surface area contributed by atoms with Gasteiger partial charge in [0, 0.05) is 6.04 Å². The van der Waals surface area contributed by atoms with Gasteiger partial charge in [0.05, 0.1) is 13.1 Å². The maximum absolute atomic E-state index is 10.7. The summed E-state index contributed by atoms with van der Waals surface area (Å²) in [6.45, 7) is 2.28. The number of thiophene rings is 1. The number of terminal acetylenes is 1. The summed E-state index contributed by atoms with van der Waals surface area (Å²) >= 11 is 1.60. The van der Waals surface area contributed by atoms with E-state index in [-0.39, 0.29) is 12.6 Å². The molecule has 0 radical (unpaired) electrons. The minimum atomic E-state index is -0.854. The van der Waals surface area contributed by atoms with E-state index in [1.807, 2.05) is 23.8 Å². The molecule has 0 saturated heterocycles. The highest BCUT2D eigenvalue weighted by molar-refractivity contribution is 7.07. The maximum Gasteiger partial charge on any atom is 0.317 e. The second kappa shape index (κ2) is 5.54. The fraction of sp³-hybridized carbons (Fsp3) is 0.364. The topological polar surface area (TPSA) is 40.5 Å². The molecule has 0 aliphatic carbocycles. The van der Waals surface area contributed by atoms with Crippen LogP contribution in [0.4, 0.5) is 0 Å². The SMILES string of the molecule is C#CCN(CC(=O)O)C(C)c1ccsc1. The summed E-state index contributed by atoms with van der Waals surface area (Å²) in [5.74, 6) is 1.63. The second-order valence-electron chi connectivity index (χ2n) is 3.24. The first kappa shape index (κ1) is 11.8. The van der Waals surface area contributed by atoms with Crippen LogP contribution in [-0.4, -0.2) is 29.1 Å². The highest BCUT2D eigenvalue weighted by Crippen LogP contribution is 2.21. The van der Waals surface area contributed by atoms with Crippen LogP contribution in [0.1, 0.15) is 18.5 Å². The fourth-order valence-corrected chi connectivity index (χ4v) is 2.09. The van der Waals surface area contributed by atoms with Crippen molar-refractivity contribution in [1.82, 2.24) is 4.90 Å². The molecule has 1 unspecified atom stereocenters. The van der Waals surface area contributed by atoms with Gasteiger partial charge in [-0.05, 0) is 29.3 Å². The van der Waals surface area contributed by atoms with Gasteiger partial charge in [0.25, 0.3) is 0 Å². The molecular weight excluding hydrogens is 210 g/mol. The second-order valence-corrected chi connectivity index (χ2v) is 4.02. The highest BCUT2D eigenvalue weighted by atomic mass is 32.1. The largest absolute Gasteiger partial charge is 0.480 e. The number of hydrogen-bond donors (Lipinski definition) is 1. The van der Waals surface area contributed by atoms with Crippen LogP contribution >= 0.6 is 11.3 Å². The highest BCUT2D eigenvalue weighted by Gasteiger charge is 2.17. The van der Waals surface area contributed by atoms with E-state index >= 15 is 0 Å². The lowest BCUT2D eigenvalue weighted by Gasteiger charge is -2.24. The molecular formula is C11H13NO2S. The first-order chi connectivity index (χ1) is 7.15. The number of hydrogen-bond acceptors (Lipinski definition) is 3. The molecule has 1 N–H and O–H groups in total. The molecule has 0 spiro atoms. The molecule has 0 bridgehead atoms. The van der Waals surface area contributed by atoms with Crippen molar-refractivity contribution in [3.05, 3.63) is 22.4 Å². The van der Waals surface area contributed by atoms with Crippen molar-refractivity contribution in [2.75, 3.05) is 13.1 Å². The summed E-state index contributed by atoms with van der Waals surface area (Å²) in [7, 11) is 0. The Morgan fingerprint density at radius 3 is 3.00 bits per heavy atom. The molecule has 80 valence electrons. The van der Waals surface area contributed by atoms with Crippen LogP contribution in [0.3, 0.4) is 0 Å². The van der Waals surface area contributed by atoms with Crippen LogP contribution in [0.15, 0.2) is 16.8 Å². The predicted octanol–water partition coefficient (Wildman–Crippen LogP) is 1.83. The van der Waals surface area contributed by atoms with E-state index < -0.39 is 5.97 Å². The van der Waals surface area contributed by atoms with Crippen LogP contribution in [0, 0.1) is 12.3 Å². The lowest BCUT2D eigenvalue weighted by molar-refractivity contribution is -0.138. The molecule has 0 aliphatic heterocycles. The average Bonchev–Trinajstić information content (AvgIpc) is 2.68. The Hall–Kier alpha value is -1.31. The zero-order valence-corrected chi connectivity index (χ0v) is 9.33. The Morgan fingerprint density at radius 1 is 1.80 bits per heavy atom. The molecule has 3 nitrogen and oxygen atoms in total. The maximum atomic E-state index is 10.7. The van der Waals surface area contributed by atoms with Crippen molar-refractivity contribution in [2.45, 2.75) is 13.0 Å². The van der Waals surface area contributed by atoms with Crippen molar-refractivity contribution in [3.8, 4) is 12.3 Å². The lowest BCUT2D eigenvalue weighted by Crippen LogP contribution is -2.32. The summed E-state index contributed by atoms with van der Waals surface area (Å²) < 4.78 is 0. The number of rotatable bonds is 5. The molecule has 1 aromatic rings. The smallest absolute Gasteiger partial charge is 0.317 e. The van der Waals surface area contributed by atoms with Gasteiger partial charge in [-0.2, -0.15) is 11.3 Å². The normalized spacial score (nSPS) is 12.3. The van der Waals surface area contributed by atoms with E-state index in [4.69, 9.17) is 11.5 Å². The number of nitrogens with zero attached hydrogens (tertiary/aromatic N) is 1. The zero-order chi connectivity index (χ0) is 11.3. The van der Waals surface area contributed by atoms with E-state index in [1.54, 1.807) is 16.2 Å². The third-order valence-electron chi connectivity index (χ3n) is 2.21. The first-order valence-electron chi connectivity index (χ1n) is 4.56. The van der Waals surface area contributed by atoms with E-state index in [0.29, 0.717) is 6.54 Å². The minimum absolute atomic E-state index is 0.0266. The van der Waals surface area contributed by atoms with Gasteiger partial charge >= 0.3 is 5.97 Å². The molecule has 1 atom stereocenters. The predicted molar refractivity (Wildman–Crippen MR) is 60.8 cm³/mol. The van der Waals surface area contributed by atoms with Crippen molar-refractivity contribution in [3.63, 3.8) is 0 Å². The third kappa shape index (κ3) is 3.39. The van der Waals surface area contributed by atoms with Crippen LogP contribution in [0.25, 0.3) is 0 Å². The molecule has 4 heteroatoms. The van der Waals surface area contributed by atoms with Crippen LogP contribution in [0.2, 0.25) is 0 Å². The minimum Gasteiger partial charge on any atom is -0.480 e. The van der Waals surface area contributed by atoms with Gasteiger partial charge in [0.2, 0.25) is 0 Å². The Kier molecular flexibility index (Phi) is 4.35. The summed E-state index contributed by atoms with van der Waals surface area (Å²) in [6.07, 6.45) is 5.21. The number of carbonyl (C=O) groups is 1. The summed E-state index contributed by atoms with van der Waals surface area (Å²) in [5.41, 5.74) is 1.11. The summed E-state index contributed by atoms with van der Waals surface area (Å²) in [6, 6.07) is 2.03. The molecule has 0 aliphatic rings. The van der Waals surface area contributed by atoms with Gasteiger partial charge in [0.15, 0.2) is 0 Å². The molecule has 0 fully saturated rings. The quantitative estimate of drug-likeness (QED) is 0.774. The van der Waals surface area contributed by atoms with E-state index in [9.17, 15) is 4.79 Å². The molecule has 0 aromatic carbocycles. The van der Waals surface area contributed by atoms with Crippen LogP contribution in [0.5, 0.6) is 0 Å². The van der Waals surface area contributed by atoms with Gasteiger partial charge in [-0.3, -0.25) is 9.69 Å². The average molecular weight is 223 g/mol. The van der Waals surface area contributed by atoms with Crippen molar-refractivity contribution in [1.29, 1.82) is 0 Å². The first-order valence-corrected chi connectivity index (χ1v) is 5.51. The van der Waals surface area contributed by atoms with Gasteiger partial charge in [-0.25, -0.2) is 0 Å². The van der Waals surface area contributed by atoms with Crippen molar-refractivity contribution >= 4 is 17.3 Å². The van der Waals surface area contributed by atoms with Gasteiger partial charge in [-0.1, -0.05) is 5.92 Å². The lowest BCUT2D eigenvalue weighted by atomic mass is 10.1. The van der Waals surface area contributed by atoms with Crippen LogP contribution in [-0.2, 0) is 4.79 Å². The standard InChI is InChI=1S/C11H13NO2S/c1-3-5-12(7-11(13)14)9(2)10-4-6-15-8-10/h1,4,6,8-9H,5,7H2,2H3,(H,13,14). The molecule has 1 heterocycles. The van der Waals surface area contributed by atoms with Crippen LogP contribution < -0.4 is 0 Å². The Balaban J connectivity index is 2.71. The molecule has 0 amide bonds. The zero-order valence-electron chi connectivity index (χ0n) is 8.51. The number of aliphatic carboxylic acids is 1. The number of carboxylic acid groups (broad SMARTS) is 1. The molecule has 1 aromatic heterocycles. The van der Waals surface area contributed by atoms with Crippen molar-refractivity contribution in [2.24, 2.45) is 0 Å². The van der Waals surface area contributed by atoms with Gasteiger partial charge in [-0.15, -0.1) is 6.42 Å². The van der Waals surface area contributed by atoms with Gasteiger partial charge in [0.1, 0.15) is 0 Å². The molecule has 15 heavy (non-hydrogen) atoms. The number of carboxylic acids is 1. The van der Waals surface area contributed by atoms with E-state index in [2.05, 4.69) is 5.92 Å². The monoisotopic (exact) mass is 223 g/mol. The Labute approximate surface area is 93.3 Å². The fourth-order valence-electron chi connectivity index (χ4n) is 1.34. The third-order valence-corrected chi connectivity index (χ3v) is 2.91. The Bertz CT molecular complexity index is 353. The summed E-state index contributed by atoms with van der Waals surface area (Å²) in [5, 5.41) is 12.7. The molecule has 0 saturated carbocycles. The summed E-state index contributed by atoms with van der Waals surface area (Å²) in [4.78, 5) is 12.4. The molecule has 1 rings (SSSR count). The van der Waals surface area contributed by atoms with Gasteiger partial charge < -0.3 is 5.11 Å². The van der Waals surface area contributed by atoms with Crippen molar-refractivity contribution < 1.29 is 9.90 Å². The van der Waals surface area contributed by atoms with E-state index in [1.165, 1.54) is 0 Å².